The first kappa shape index (κ1) is 16.2. The van der Waals surface area contributed by atoms with Gasteiger partial charge in [0.15, 0.2) is 0 Å². The fourth-order valence-corrected chi connectivity index (χ4v) is 2.91. The Hall–Kier alpha value is -0.860. The number of aliphatic hydroxyl groups is 1. The van der Waals surface area contributed by atoms with Gasteiger partial charge in [0.25, 0.3) is 0 Å². The number of benzene rings is 1. The highest BCUT2D eigenvalue weighted by Gasteiger charge is 2.36. The Morgan fingerprint density at radius 1 is 0.895 bits per heavy atom. The number of hydrogen-bond donors (Lipinski definition) is 2. The van der Waals surface area contributed by atoms with Gasteiger partial charge in [0, 0.05) is 11.1 Å². The maximum Gasteiger partial charge on any atom is 0.0575 e. The summed E-state index contributed by atoms with van der Waals surface area (Å²) < 4.78 is 0. The monoisotopic (exact) mass is 263 g/mol. The van der Waals surface area contributed by atoms with Crippen LogP contribution in [0.25, 0.3) is 0 Å². The first-order valence-corrected chi connectivity index (χ1v) is 7.10. The van der Waals surface area contributed by atoms with Crippen LogP contribution in [0.3, 0.4) is 0 Å². The van der Waals surface area contributed by atoms with Crippen LogP contribution in [-0.2, 0) is 0 Å². The third-order valence-corrected chi connectivity index (χ3v) is 3.39. The van der Waals surface area contributed by atoms with Crippen molar-refractivity contribution in [2.75, 3.05) is 0 Å². The van der Waals surface area contributed by atoms with E-state index in [1.165, 1.54) is 11.1 Å². The van der Waals surface area contributed by atoms with E-state index >= 15 is 0 Å². The third kappa shape index (κ3) is 6.22. The summed E-state index contributed by atoms with van der Waals surface area (Å²) in [5.74, 6) is 0. The number of aryl methyl sites for hydroxylation is 2. The van der Waals surface area contributed by atoms with Crippen molar-refractivity contribution in [2.45, 2.75) is 71.6 Å². The van der Waals surface area contributed by atoms with Gasteiger partial charge in [0.2, 0.25) is 0 Å². The first-order chi connectivity index (χ1) is 8.60. The van der Waals surface area contributed by atoms with Gasteiger partial charge in [-0.15, -0.1) is 0 Å². The smallest absolute Gasteiger partial charge is 0.0575 e. The second-order valence-electron chi connectivity index (χ2n) is 7.11. The fourth-order valence-electron chi connectivity index (χ4n) is 2.91. The molecule has 108 valence electrons. The van der Waals surface area contributed by atoms with E-state index in [1.807, 2.05) is 0 Å². The molecule has 1 saturated heterocycles. The molecule has 0 aliphatic carbocycles. The SMILES string of the molecule is CC1(C)CC(O)CC(C)(C)N1.Cc1ccc(C)cc1. The van der Waals surface area contributed by atoms with Crippen molar-refractivity contribution < 1.29 is 5.11 Å². The van der Waals surface area contributed by atoms with Crippen molar-refractivity contribution in [1.29, 1.82) is 0 Å². The summed E-state index contributed by atoms with van der Waals surface area (Å²) in [5, 5.41) is 13.0. The minimum Gasteiger partial charge on any atom is -0.393 e. The summed E-state index contributed by atoms with van der Waals surface area (Å²) in [5.41, 5.74) is 2.83. The molecule has 0 unspecified atom stereocenters. The van der Waals surface area contributed by atoms with Crippen molar-refractivity contribution in [3.63, 3.8) is 0 Å². The summed E-state index contributed by atoms with van der Waals surface area (Å²) in [6.07, 6.45) is 1.58. The predicted octanol–water partition coefficient (Wildman–Crippen LogP) is 3.59. The van der Waals surface area contributed by atoms with Crippen molar-refractivity contribution in [3.8, 4) is 0 Å². The Kier molecular flexibility index (Phi) is 5.17. The van der Waals surface area contributed by atoms with E-state index in [-0.39, 0.29) is 17.2 Å². The fraction of sp³-hybridized carbons (Fsp3) is 0.647. The predicted molar refractivity (Wildman–Crippen MR) is 82.5 cm³/mol. The van der Waals surface area contributed by atoms with Crippen molar-refractivity contribution in [2.24, 2.45) is 0 Å². The highest BCUT2D eigenvalue weighted by atomic mass is 16.3. The van der Waals surface area contributed by atoms with Gasteiger partial charge >= 0.3 is 0 Å². The number of nitrogens with one attached hydrogen (secondary N) is 1. The lowest BCUT2D eigenvalue weighted by Crippen LogP contribution is -2.59. The van der Waals surface area contributed by atoms with Gasteiger partial charge in [0.1, 0.15) is 0 Å². The van der Waals surface area contributed by atoms with Gasteiger partial charge in [0.05, 0.1) is 6.10 Å². The van der Waals surface area contributed by atoms with Gasteiger partial charge < -0.3 is 10.4 Å². The van der Waals surface area contributed by atoms with Crippen LogP contribution in [0.2, 0.25) is 0 Å². The highest BCUT2D eigenvalue weighted by molar-refractivity contribution is 5.19. The Labute approximate surface area is 118 Å². The normalized spacial score (nSPS) is 21.4. The van der Waals surface area contributed by atoms with Crippen LogP contribution in [0.5, 0.6) is 0 Å². The van der Waals surface area contributed by atoms with E-state index in [9.17, 15) is 5.11 Å². The zero-order valence-electron chi connectivity index (χ0n) is 13.2. The van der Waals surface area contributed by atoms with Crippen molar-refractivity contribution >= 4 is 0 Å². The van der Waals surface area contributed by atoms with Crippen LogP contribution in [-0.4, -0.2) is 22.3 Å². The molecule has 0 spiro atoms. The molecule has 1 aliphatic rings. The van der Waals surface area contributed by atoms with Crippen LogP contribution in [0.1, 0.15) is 51.7 Å². The lowest BCUT2D eigenvalue weighted by atomic mass is 9.81. The largest absolute Gasteiger partial charge is 0.393 e. The standard InChI is InChI=1S/C9H19NO.C8H10/c1-8(2)5-7(11)6-9(3,4)10-8;1-7-3-5-8(2)6-4-7/h7,10-11H,5-6H2,1-4H3;3-6H,1-2H3. The van der Waals surface area contributed by atoms with E-state index in [0.717, 1.165) is 12.8 Å². The molecule has 0 amide bonds. The molecule has 1 aromatic carbocycles. The molecule has 0 saturated carbocycles. The molecule has 0 bridgehead atoms. The molecule has 1 heterocycles. The molecular weight excluding hydrogens is 234 g/mol. The molecule has 2 N–H and O–H groups in total. The van der Waals surface area contributed by atoms with Crippen LogP contribution in [0.15, 0.2) is 24.3 Å². The third-order valence-electron chi connectivity index (χ3n) is 3.39. The van der Waals surface area contributed by atoms with Gasteiger partial charge in [-0.3, -0.25) is 0 Å². The van der Waals surface area contributed by atoms with Gasteiger partial charge in [-0.25, -0.2) is 0 Å². The molecule has 0 atom stereocenters. The summed E-state index contributed by atoms with van der Waals surface area (Å²) in [6.45, 7) is 12.7. The Bertz CT molecular complexity index is 355. The van der Waals surface area contributed by atoms with Gasteiger partial charge in [-0.05, 0) is 54.4 Å². The minimum atomic E-state index is -0.138. The molecule has 2 heteroatoms. The van der Waals surface area contributed by atoms with E-state index in [4.69, 9.17) is 0 Å². The summed E-state index contributed by atoms with van der Waals surface area (Å²) >= 11 is 0. The number of aliphatic hydroxyl groups excluding tert-OH is 1. The van der Waals surface area contributed by atoms with E-state index < -0.39 is 0 Å². The molecule has 1 aromatic rings. The Balaban J connectivity index is 0.000000200. The molecule has 19 heavy (non-hydrogen) atoms. The molecule has 0 radical (unpaired) electrons. The second-order valence-corrected chi connectivity index (χ2v) is 7.11. The molecule has 1 aliphatic heterocycles. The van der Waals surface area contributed by atoms with E-state index in [2.05, 4.69) is 71.1 Å². The average Bonchev–Trinajstić information content (AvgIpc) is 2.18. The van der Waals surface area contributed by atoms with Crippen LogP contribution < -0.4 is 5.32 Å². The molecule has 2 nitrogen and oxygen atoms in total. The maximum atomic E-state index is 9.54. The first-order valence-electron chi connectivity index (χ1n) is 7.10. The van der Waals surface area contributed by atoms with Gasteiger partial charge in [-0.2, -0.15) is 0 Å². The van der Waals surface area contributed by atoms with Gasteiger partial charge in [-0.1, -0.05) is 35.4 Å². The maximum absolute atomic E-state index is 9.54. The number of rotatable bonds is 0. The highest BCUT2D eigenvalue weighted by Crippen LogP contribution is 2.27. The summed E-state index contributed by atoms with van der Waals surface area (Å²) in [4.78, 5) is 0. The van der Waals surface area contributed by atoms with Crippen molar-refractivity contribution in [1.82, 2.24) is 5.32 Å². The minimum absolute atomic E-state index is 0.0845. The van der Waals surface area contributed by atoms with E-state index in [0.29, 0.717) is 0 Å². The zero-order valence-corrected chi connectivity index (χ0v) is 13.2. The molecule has 1 fully saturated rings. The number of hydrogen-bond acceptors (Lipinski definition) is 2. The van der Waals surface area contributed by atoms with E-state index in [1.54, 1.807) is 0 Å². The molecule has 0 aromatic heterocycles. The topological polar surface area (TPSA) is 32.3 Å². The quantitative estimate of drug-likeness (QED) is 0.749. The second kappa shape index (κ2) is 6.06. The lowest BCUT2D eigenvalue weighted by molar-refractivity contribution is 0.0396. The zero-order chi connectivity index (χ0) is 14.7. The summed E-state index contributed by atoms with van der Waals surface area (Å²) in [6, 6.07) is 8.48. The number of piperidine rings is 1. The van der Waals surface area contributed by atoms with Crippen LogP contribution in [0.4, 0.5) is 0 Å². The molecular formula is C17H29NO. The molecule has 2 rings (SSSR count). The lowest BCUT2D eigenvalue weighted by Gasteiger charge is -2.44. The Morgan fingerprint density at radius 3 is 1.47 bits per heavy atom. The van der Waals surface area contributed by atoms with Crippen molar-refractivity contribution in [3.05, 3.63) is 35.4 Å². The van der Waals surface area contributed by atoms with Crippen LogP contribution >= 0.6 is 0 Å². The summed E-state index contributed by atoms with van der Waals surface area (Å²) in [7, 11) is 0. The Morgan fingerprint density at radius 2 is 1.21 bits per heavy atom. The average molecular weight is 263 g/mol. The van der Waals surface area contributed by atoms with Crippen LogP contribution in [0, 0.1) is 13.8 Å².